The first-order valence-corrected chi connectivity index (χ1v) is 7.86. The van der Waals surface area contributed by atoms with E-state index >= 15 is 0 Å². The first kappa shape index (κ1) is 14.1. The first-order valence-electron chi connectivity index (χ1n) is 7.86. The van der Waals surface area contributed by atoms with E-state index in [1.165, 1.54) is 19.3 Å². The zero-order valence-corrected chi connectivity index (χ0v) is 13.1. The second-order valence-corrected chi connectivity index (χ2v) is 6.36. The predicted octanol–water partition coefficient (Wildman–Crippen LogP) is 3.81. The van der Waals surface area contributed by atoms with Crippen LogP contribution >= 0.6 is 0 Å². The number of aromatic nitrogens is 3. The highest BCUT2D eigenvalue weighted by Gasteiger charge is 2.24. The molecule has 2 aromatic heterocycles. The topological polar surface area (TPSA) is 42.7 Å². The number of aryl methyl sites for hydroxylation is 1. The van der Waals surface area contributed by atoms with Crippen LogP contribution in [0.5, 0.6) is 0 Å². The molecule has 0 amide bonds. The summed E-state index contributed by atoms with van der Waals surface area (Å²) in [6.07, 6.45) is 9.50. The lowest BCUT2D eigenvalue weighted by Crippen LogP contribution is -2.30. The molecule has 4 heteroatoms. The third-order valence-electron chi connectivity index (χ3n) is 4.79. The Hall–Kier alpha value is -1.84. The average Bonchev–Trinajstić information content (AvgIpc) is 2.90. The number of nitrogens with one attached hydrogen (secondary N) is 1. The standard InChI is InChI=1S/C17H24N4/c1-12-4-5-15(10-13(12)2)20-16-6-7-17(19-11-16)21-9-8-18-14(21)3/h6-9,11-13,15,20H,4-5,10H2,1-3H3. The van der Waals surface area contributed by atoms with Crippen LogP contribution in [0.15, 0.2) is 30.7 Å². The molecule has 1 aliphatic carbocycles. The lowest BCUT2D eigenvalue weighted by Gasteiger charge is -2.33. The van der Waals surface area contributed by atoms with Crippen molar-refractivity contribution < 1.29 is 0 Å². The molecule has 3 rings (SSSR count). The molecule has 1 N–H and O–H groups in total. The van der Waals surface area contributed by atoms with Crippen molar-refractivity contribution >= 4 is 5.69 Å². The van der Waals surface area contributed by atoms with Crippen molar-refractivity contribution in [1.29, 1.82) is 0 Å². The van der Waals surface area contributed by atoms with Crippen LogP contribution in [0.1, 0.15) is 38.9 Å². The molecular formula is C17H24N4. The Morgan fingerprint density at radius 3 is 2.62 bits per heavy atom. The Bertz CT molecular complexity index is 587. The van der Waals surface area contributed by atoms with Crippen LogP contribution in [0.25, 0.3) is 5.82 Å². The quantitative estimate of drug-likeness (QED) is 0.932. The van der Waals surface area contributed by atoms with Gasteiger partial charge in [0.05, 0.1) is 11.9 Å². The van der Waals surface area contributed by atoms with Gasteiger partial charge in [0.15, 0.2) is 0 Å². The summed E-state index contributed by atoms with van der Waals surface area (Å²) in [7, 11) is 0. The second-order valence-electron chi connectivity index (χ2n) is 6.36. The molecule has 112 valence electrons. The van der Waals surface area contributed by atoms with Crippen LogP contribution < -0.4 is 5.32 Å². The fraction of sp³-hybridized carbons (Fsp3) is 0.529. The van der Waals surface area contributed by atoms with Crippen LogP contribution in [0.2, 0.25) is 0 Å². The van der Waals surface area contributed by atoms with E-state index in [4.69, 9.17) is 0 Å². The summed E-state index contributed by atoms with van der Waals surface area (Å²) >= 11 is 0. The highest BCUT2D eigenvalue weighted by Crippen LogP contribution is 2.31. The van der Waals surface area contributed by atoms with Gasteiger partial charge in [-0.1, -0.05) is 13.8 Å². The Labute approximate surface area is 126 Å². The Kier molecular flexibility index (Phi) is 3.95. The predicted molar refractivity (Wildman–Crippen MR) is 85.7 cm³/mol. The van der Waals surface area contributed by atoms with Gasteiger partial charge in [-0.05, 0) is 50.2 Å². The zero-order valence-electron chi connectivity index (χ0n) is 13.1. The number of hydrogen-bond acceptors (Lipinski definition) is 3. The van der Waals surface area contributed by atoms with Crippen molar-refractivity contribution in [3.8, 4) is 5.82 Å². The van der Waals surface area contributed by atoms with Gasteiger partial charge >= 0.3 is 0 Å². The van der Waals surface area contributed by atoms with Crippen molar-refractivity contribution in [2.24, 2.45) is 11.8 Å². The fourth-order valence-electron chi connectivity index (χ4n) is 3.15. The molecule has 1 saturated carbocycles. The minimum absolute atomic E-state index is 0.582. The highest BCUT2D eigenvalue weighted by atomic mass is 15.1. The van der Waals surface area contributed by atoms with Crippen LogP contribution in [-0.2, 0) is 0 Å². The summed E-state index contributed by atoms with van der Waals surface area (Å²) in [6.45, 7) is 6.71. The van der Waals surface area contributed by atoms with Crippen molar-refractivity contribution in [1.82, 2.24) is 14.5 Å². The summed E-state index contributed by atoms with van der Waals surface area (Å²) in [5.41, 5.74) is 1.11. The number of hydrogen-bond donors (Lipinski definition) is 1. The summed E-state index contributed by atoms with van der Waals surface area (Å²) < 4.78 is 1.99. The van der Waals surface area contributed by atoms with Gasteiger partial charge in [0, 0.05) is 18.4 Å². The molecule has 1 aliphatic rings. The van der Waals surface area contributed by atoms with Gasteiger partial charge in [-0.2, -0.15) is 0 Å². The monoisotopic (exact) mass is 284 g/mol. The average molecular weight is 284 g/mol. The molecule has 3 unspecified atom stereocenters. The van der Waals surface area contributed by atoms with Gasteiger partial charge < -0.3 is 5.32 Å². The second kappa shape index (κ2) is 5.88. The molecule has 0 aromatic carbocycles. The van der Waals surface area contributed by atoms with E-state index in [0.717, 1.165) is 29.2 Å². The van der Waals surface area contributed by atoms with E-state index in [0.29, 0.717) is 6.04 Å². The number of nitrogens with zero attached hydrogens (tertiary/aromatic N) is 3. The van der Waals surface area contributed by atoms with Crippen molar-refractivity contribution in [3.63, 3.8) is 0 Å². The normalized spacial score (nSPS) is 25.8. The third-order valence-corrected chi connectivity index (χ3v) is 4.79. The van der Waals surface area contributed by atoms with E-state index in [9.17, 15) is 0 Å². The molecule has 2 heterocycles. The minimum Gasteiger partial charge on any atom is -0.381 e. The zero-order chi connectivity index (χ0) is 14.8. The molecule has 0 saturated heterocycles. The number of imidazole rings is 1. The summed E-state index contributed by atoms with van der Waals surface area (Å²) in [5.74, 6) is 3.53. The molecule has 0 radical (unpaired) electrons. The molecular weight excluding hydrogens is 260 g/mol. The van der Waals surface area contributed by atoms with Gasteiger partial charge in [0.1, 0.15) is 11.6 Å². The van der Waals surface area contributed by atoms with Crippen LogP contribution in [-0.4, -0.2) is 20.6 Å². The fourth-order valence-corrected chi connectivity index (χ4v) is 3.15. The van der Waals surface area contributed by atoms with E-state index in [-0.39, 0.29) is 0 Å². The molecule has 4 nitrogen and oxygen atoms in total. The SMILES string of the molecule is Cc1nccn1-c1ccc(NC2CCC(C)C(C)C2)cn1. The Morgan fingerprint density at radius 1 is 1.14 bits per heavy atom. The maximum absolute atomic E-state index is 4.54. The summed E-state index contributed by atoms with van der Waals surface area (Å²) in [5, 5.41) is 3.63. The smallest absolute Gasteiger partial charge is 0.138 e. The van der Waals surface area contributed by atoms with Crippen LogP contribution in [0.4, 0.5) is 5.69 Å². The Morgan fingerprint density at radius 2 is 2.00 bits per heavy atom. The molecule has 0 bridgehead atoms. The van der Waals surface area contributed by atoms with E-state index in [1.807, 2.05) is 30.0 Å². The largest absolute Gasteiger partial charge is 0.381 e. The number of pyridine rings is 1. The van der Waals surface area contributed by atoms with Gasteiger partial charge in [0.25, 0.3) is 0 Å². The van der Waals surface area contributed by atoms with Crippen molar-refractivity contribution in [2.75, 3.05) is 5.32 Å². The molecule has 2 aromatic rings. The summed E-state index contributed by atoms with van der Waals surface area (Å²) in [4.78, 5) is 8.77. The van der Waals surface area contributed by atoms with E-state index < -0.39 is 0 Å². The molecule has 3 atom stereocenters. The number of anilines is 1. The van der Waals surface area contributed by atoms with Gasteiger partial charge in [0.2, 0.25) is 0 Å². The van der Waals surface area contributed by atoms with Gasteiger partial charge in [-0.3, -0.25) is 4.57 Å². The lowest BCUT2D eigenvalue weighted by atomic mass is 9.79. The Balaban J connectivity index is 1.66. The van der Waals surface area contributed by atoms with Gasteiger partial charge in [-0.15, -0.1) is 0 Å². The number of rotatable bonds is 3. The molecule has 0 spiro atoms. The van der Waals surface area contributed by atoms with Gasteiger partial charge in [-0.25, -0.2) is 9.97 Å². The molecule has 21 heavy (non-hydrogen) atoms. The lowest BCUT2D eigenvalue weighted by molar-refractivity contribution is 0.261. The maximum Gasteiger partial charge on any atom is 0.138 e. The van der Waals surface area contributed by atoms with Crippen molar-refractivity contribution in [3.05, 3.63) is 36.5 Å². The highest BCUT2D eigenvalue weighted by molar-refractivity contribution is 5.44. The van der Waals surface area contributed by atoms with E-state index in [2.05, 4.69) is 35.2 Å². The molecule has 1 fully saturated rings. The minimum atomic E-state index is 0.582. The third kappa shape index (κ3) is 3.09. The van der Waals surface area contributed by atoms with E-state index in [1.54, 1.807) is 6.20 Å². The molecule has 0 aliphatic heterocycles. The maximum atomic E-state index is 4.54. The van der Waals surface area contributed by atoms with Crippen molar-refractivity contribution in [2.45, 2.75) is 46.1 Å². The van der Waals surface area contributed by atoms with Crippen LogP contribution in [0.3, 0.4) is 0 Å². The van der Waals surface area contributed by atoms with Crippen LogP contribution in [0, 0.1) is 18.8 Å². The first-order chi connectivity index (χ1) is 10.1. The summed E-state index contributed by atoms with van der Waals surface area (Å²) in [6, 6.07) is 4.75.